The van der Waals surface area contributed by atoms with Gasteiger partial charge in [0.2, 0.25) is 15.9 Å². The molecule has 1 N–H and O–H groups in total. The van der Waals surface area contributed by atoms with Gasteiger partial charge in [-0.2, -0.15) is 4.31 Å². The SMILES string of the molecule is COc1ccc2c3c1O[C@H]1[C@H](N(C)C(=O)/C=C/c4ccoc4)CC[C@@]4(O)[C@@H](C2)N(S(=O)(=O)c2ccccc2N(C)C)CC[C@]314.Cl. The fraction of sp³-hybridized carbons (Fsp3) is 0.424. The minimum Gasteiger partial charge on any atom is -0.493 e. The zero-order valence-corrected chi connectivity index (χ0v) is 27.3. The second-order valence-corrected chi connectivity index (χ2v) is 14.3. The van der Waals surface area contributed by atoms with E-state index in [2.05, 4.69) is 0 Å². The average Bonchev–Trinajstić information content (AvgIpc) is 3.65. The van der Waals surface area contributed by atoms with Crippen LogP contribution in [0.1, 0.15) is 36.0 Å². The van der Waals surface area contributed by atoms with Crippen molar-refractivity contribution in [3.05, 3.63) is 77.8 Å². The van der Waals surface area contributed by atoms with E-state index in [1.807, 2.05) is 32.3 Å². The van der Waals surface area contributed by atoms with Gasteiger partial charge in [-0.15, -0.1) is 12.4 Å². The number of carbonyl (C=O) groups excluding carboxylic acids is 1. The lowest BCUT2D eigenvalue weighted by Gasteiger charge is -2.64. The molecule has 3 heterocycles. The summed E-state index contributed by atoms with van der Waals surface area (Å²) in [6.45, 7) is 0.206. The highest BCUT2D eigenvalue weighted by atomic mass is 35.5. The first-order valence-electron chi connectivity index (χ1n) is 14.9. The highest BCUT2D eigenvalue weighted by molar-refractivity contribution is 7.89. The van der Waals surface area contributed by atoms with Crippen LogP contribution in [-0.2, 0) is 26.7 Å². The second kappa shape index (κ2) is 11.1. The number of carbonyl (C=O) groups is 1. The Morgan fingerprint density at radius 2 is 1.91 bits per heavy atom. The average molecular weight is 656 g/mol. The Balaban J connectivity index is 0.00000357. The van der Waals surface area contributed by atoms with E-state index in [0.29, 0.717) is 42.9 Å². The summed E-state index contributed by atoms with van der Waals surface area (Å²) in [4.78, 5) is 17.1. The molecule has 3 aromatic rings. The quantitative estimate of drug-likeness (QED) is 0.382. The van der Waals surface area contributed by atoms with Crippen molar-refractivity contribution in [3.8, 4) is 11.5 Å². The molecule has 1 saturated carbocycles. The fourth-order valence-electron chi connectivity index (χ4n) is 8.30. The molecule has 2 aliphatic carbocycles. The first-order chi connectivity index (χ1) is 21.0. The monoisotopic (exact) mass is 655 g/mol. The second-order valence-electron chi connectivity index (χ2n) is 12.5. The predicted octanol–water partition coefficient (Wildman–Crippen LogP) is 3.86. The smallest absolute Gasteiger partial charge is 0.246 e. The molecule has 2 bridgehead atoms. The molecule has 1 spiro atoms. The lowest BCUT2D eigenvalue weighted by Crippen LogP contribution is -2.78. The number of piperidine rings is 1. The van der Waals surface area contributed by atoms with Crippen molar-refractivity contribution in [1.29, 1.82) is 0 Å². The summed E-state index contributed by atoms with van der Waals surface area (Å²) in [5, 5.41) is 12.9. The molecule has 12 heteroatoms. The first-order valence-corrected chi connectivity index (χ1v) is 16.3. The summed E-state index contributed by atoms with van der Waals surface area (Å²) in [5.41, 5.74) is 0.861. The van der Waals surface area contributed by atoms with E-state index in [0.717, 1.165) is 16.7 Å². The van der Waals surface area contributed by atoms with Crippen LogP contribution in [0.25, 0.3) is 6.08 Å². The third kappa shape index (κ3) is 4.35. The van der Waals surface area contributed by atoms with Crippen molar-refractivity contribution in [2.45, 2.75) is 59.8 Å². The van der Waals surface area contributed by atoms with Crippen molar-refractivity contribution in [3.63, 3.8) is 0 Å². The topological polar surface area (TPSA) is 113 Å². The molecule has 0 unspecified atom stereocenters. The minimum atomic E-state index is -3.98. The minimum absolute atomic E-state index is 0. The standard InChI is InChI=1S/C33H37N3O7S.ClH/c1-34(2)23-7-5-6-8-26(23)44(39,40)36-17-16-32-29-22-10-11-25(41-4)30(29)43-31(32)24(13-15-33(32,38)27(36)19-22)35(3)28(37)12-9-21-14-18-42-20-21;/h5-12,14,18,20,24,27,31,38H,13,15-17,19H2,1-4H3;1H/b12-9+;/t24-,27-,31+,32+,33-;/m1./s1. The van der Waals surface area contributed by atoms with E-state index >= 15 is 0 Å². The van der Waals surface area contributed by atoms with Crippen LogP contribution in [0.15, 0.2) is 70.4 Å². The first kappa shape index (κ1) is 31.5. The molecule has 1 aromatic heterocycles. The lowest BCUT2D eigenvalue weighted by atomic mass is 9.48. The van der Waals surface area contributed by atoms with Gasteiger partial charge in [-0.1, -0.05) is 18.2 Å². The molecule has 5 atom stereocenters. The maximum absolute atomic E-state index is 14.4. The molecule has 2 aromatic carbocycles. The van der Waals surface area contributed by atoms with Gasteiger partial charge in [-0.3, -0.25) is 4.79 Å². The number of amides is 1. The third-order valence-electron chi connectivity index (χ3n) is 10.3. The number of methoxy groups -OCH3 is 1. The van der Waals surface area contributed by atoms with Crippen LogP contribution in [0.2, 0.25) is 0 Å². The molecule has 1 saturated heterocycles. The van der Waals surface area contributed by atoms with Gasteiger partial charge < -0.3 is 28.8 Å². The molecular weight excluding hydrogens is 618 g/mol. The number of benzene rings is 2. The predicted molar refractivity (Wildman–Crippen MR) is 172 cm³/mol. The van der Waals surface area contributed by atoms with E-state index in [9.17, 15) is 18.3 Å². The molecule has 240 valence electrons. The summed E-state index contributed by atoms with van der Waals surface area (Å²) in [5.74, 6) is 0.955. The molecule has 10 nitrogen and oxygen atoms in total. The van der Waals surface area contributed by atoms with E-state index in [4.69, 9.17) is 13.9 Å². The van der Waals surface area contributed by atoms with Crippen molar-refractivity contribution in [2.75, 3.05) is 39.7 Å². The summed E-state index contributed by atoms with van der Waals surface area (Å²) in [6, 6.07) is 11.5. The Bertz CT molecular complexity index is 1760. The zero-order chi connectivity index (χ0) is 31.0. The Morgan fingerprint density at radius 1 is 1.13 bits per heavy atom. The van der Waals surface area contributed by atoms with Crippen LogP contribution in [0.3, 0.4) is 0 Å². The number of furan rings is 1. The van der Waals surface area contributed by atoms with Crippen LogP contribution >= 0.6 is 12.4 Å². The number of hydrogen-bond donors (Lipinski definition) is 1. The van der Waals surface area contributed by atoms with Gasteiger partial charge in [0, 0.05) is 44.9 Å². The molecule has 45 heavy (non-hydrogen) atoms. The van der Waals surface area contributed by atoms with Crippen molar-refractivity contribution in [1.82, 2.24) is 9.21 Å². The van der Waals surface area contributed by atoms with E-state index in [1.165, 1.54) is 10.4 Å². The van der Waals surface area contributed by atoms with Crippen LogP contribution in [0, 0.1) is 0 Å². The number of ether oxygens (including phenoxy) is 2. The molecule has 1 amide bonds. The van der Waals surface area contributed by atoms with Crippen LogP contribution in [0.5, 0.6) is 11.5 Å². The molecule has 0 radical (unpaired) electrons. The number of aliphatic hydroxyl groups is 1. The normalized spacial score (nSPS) is 28.2. The van der Waals surface area contributed by atoms with Gasteiger partial charge in [0.25, 0.3) is 0 Å². The van der Waals surface area contributed by atoms with Crippen molar-refractivity contribution < 1.29 is 32.2 Å². The van der Waals surface area contributed by atoms with Crippen LogP contribution in [0.4, 0.5) is 5.69 Å². The Morgan fingerprint density at radius 3 is 2.62 bits per heavy atom. The zero-order valence-electron chi connectivity index (χ0n) is 25.7. The van der Waals surface area contributed by atoms with Gasteiger partial charge in [0.1, 0.15) is 11.0 Å². The highest BCUT2D eigenvalue weighted by Crippen LogP contribution is 2.66. The van der Waals surface area contributed by atoms with E-state index in [-0.39, 0.29) is 35.8 Å². The summed E-state index contributed by atoms with van der Waals surface area (Å²) in [6.07, 6.45) is 7.17. The Hall–Kier alpha value is -3.51. The highest BCUT2D eigenvalue weighted by Gasteiger charge is 2.74. The number of likely N-dealkylation sites (N-methyl/N-ethyl adjacent to an activating group) is 1. The number of anilines is 1. The van der Waals surface area contributed by atoms with Gasteiger partial charge in [0.05, 0.1) is 48.4 Å². The number of para-hydroxylation sites is 1. The van der Waals surface area contributed by atoms with Crippen molar-refractivity contribution in [2.24, 2.45) is 0 Å². The van der Waals surface area contributed by atoms with E-state index in [1.54, 1.807) is 66.8 Å². The maximum Gasteiger partial charge on any atom is 0.246 e. The lowest BCUT2D eigenvalue weighted by molar-refractivity contribution is -0.186. The Labute approximate surface area is 269 Å². The number of rotatable bonds is 7. The summed E-state index contributed by atoms with van der Waals surface area (Å²) in [7, 11) is 3.01. The number of hydrogen-bond acceptors (Lipinski definition) is 8. The molecule has 2 aliphatic heterocycles. The van der Waals surface area contributed by atoms with E-state index < -0.39 is 33.2 Å². The molecule has 7 rings (SSSR count). The third-order valence-corrected chi connectivity index (χ3v) is 12.3. The fourth-order valence-corrected chi connectivity index (χ4v) is 10.2. The van der Waals surface area contributed by atoms with Gasteiger partial charge >= 0.3 is 0 Å². The van der Waals surface area contributed by atoms with Gasteiger partial charge in [0.15, 0.2) is 11.5 Å². The number of nitrogens with zero attached hydrogens (tertiary/aromatic N) is 3. The van der Waals surface area contributed by atoms with Crippen LogP contribution in [-0.4, -0.2) is 87.2 Å². The van der Waals surface area contributed by atoms with Gasteiger partial charge in [-0.25, -0.2) is 8.42 Å². The maximum atomic E-state index is 14.4. The summed E-state index contributed by atoms with van der Waals surface area (Å²) >= 11 is 0. The molecular formula is C33H38ClN3O7S. The largest absolute Gasteiger partial charge is 0.493 e. The Kier molecular flexibility index (Phi) is 7.75. The molecule has 2 fully saturated rings. The van der Waals surface area contributed by atoms with Crippen LogP contribution < -0.4 is 14.4 Å². The van der Waals surface area contributed by atoms with Gasteiger partial charge in [-0.05, 0) is 61.6 Å². The summed E-state index contributed by atoms with van der Waals surface area (Å²) < 4.78 is 48.0. The molecule has 4 aliphatic rings. The van der Waals surface area contributed by atoms with Crippen molar-refractivity contribution >= 4 is 40.1 Å². The number of sulfonamides is 1. The number of halogens is 1.